The molecule has 0 unspecified atom stereocenters. The molecule has 0 aliphatic rings. The molecule has 1 heterocycles. The first-order valence-corrected chi connectivity index (χ1v) is 7.19. The van der Waals surface area contributed by atoms with Crippen LogP contribution in [0.15, 0.2) is 35.7 Å². The summed E-state index contributed by atoms with van der Waals surface area (Å²) in [6.07, 6.45) is 3.06. The molecule has 0 saturated carbocycles. The van der Waals surface area contributed by atoms with Gasteiger partial charge in [-0.2, -0.15) is 0 Å². The second-order valence-electron chi connectivity index (χ2n) is 4.03. The van der Waals surface area contributed by atoms with Crippen molar-refractivity contribution in [3.63, 3.8) is 0 Å². The minimum absolute atomic E-state index is 0.0130. The van der Waals surface area contributed by atoms with Crippen molar-refractivity contribution in [2.45, 2.75) is 6.54 Å². The molecule has 0 atom stereocenters. The predicted molar refractivity (Wildman–Crippen MR) is 81.4 cm³/mol. The van der Waals surface area contributed by atoms with Gasteiger partial charge in [0.1, 0.15) is 5.01 Å². The lowest BCUT2D eigenvalue weighted by molar-refractivity contribution is -0.116. The quantitative estimate of drug-likeness (QED) is 0.830. The van der Waals surface area contributed by atoms with Crippen molar-refractivity contribution in [3.8, 4) is 0 Å². The highest BCUT2D eigenvalue weighted by atomic mass is 35.5. The molecule has 0 radical (unpaired) electrons. The predicted octanol–water partition coefficient (Wildman–Crippen LogP) is 2.82. The van der Waals surface area contributed by atoms with Gasteiger partial charge in [0, 0.05) is 16.5 Å². The van der Waals surface area contributed by atoms with Gasteiger partial charge in [-0.25, -0.2) is 9.78 Å². The van der Waals surface area contributed by atoms with E-state index in [2.05, 4.69) is 10.3 Å². The van der Waals surface area contributed by atoms with E-state index in [0.29, 0.717) is 10.0 Å². The van der Waals surface area contributed by atoms with Gasteiger partial charge in [0.15, 0.2) is 5.69 Å². The fraction of sp³-hybridized carbons (Fsp3) is 0.0714. The number of thiazole rings is 1. The topological polar surface area (TPSA) is 79.3 Å². The highest BCUT2D eigenvalue weighted by Gasteiger charge is 2.08. The number of carbonyl (C=O) groups is 2. The summed E-state index contributed by atoms with van der Waals surface area (Å²) in [7, 11) is 0. The van der Waals surface area contributed by atoms with Gasteiger partial charge in [0.25, 0.3) is 0 Å². The Labute approximate surface area is 129 Å². The van der Waals surface area contributed by atoms with Gasteiger partial charge in [-0.05, 0) is 23.8 Å². The zero-order chi connectivity index (χ0) is 15.2. The van der Waals surface area contributed by atoms with Crippen LogP contribution in [0.3, 0.4) is 0 Å². The van der Waals surface area contributed by atoms with Crippen LogP contribution < -0.4 is 5.32 Å². The van der Waals surface area contributed by atoms with E-state index in [0.717, 1.165) is 5.56 Å². The SMILES string of the molecule is O=C(C=Cc1ccc(Cl)cc1)NCc1nc(C(=O)O)cs1. The number of hydrogen-bond donors (Lipinski definition) is 2. The Morgan fingerprint density at radius 1 is 1.33 bits per heavy atom. The Bertz CT molecular complexity index is 680. The van der Waals surface area contributed by atoms with Crippen LogP contribution in [0.4, 0.5) is 0 Å². The van der Waals surface area contributed by atoms with Crippen LogP contribution in [0.1, 0.15) is 21.1 Å². The third-order valence-corrected chi connectivity index (χ3v) is 3.58. The number of hydrogen-bond acceptors (Lipinski definition) is 4. The summed E-state index contributed by atoms with van der Waals surface area (Å²) >= 11 is 6.96. The van der Waals surface area contributed by atoms with Gasteiger partial charge in [0.05, 0.1) is 6.54 Å². The molecule has 1 aromatic carbocycles. The van der Waals surface area contributed by atoms with Crippen LogP contribution in [0.5, 0.6) is 0 Å². The Hall–Kier alpha value is -2.18. The summed E-state index contributed by atoms with van der Waals surface area (Å²) in [5, 5.41) is 14.0. The van der Waals surface area contributed by atoms with Gasteiger partial charge in [0.2, 0.25) is 5.91 Å². The average molecular weight is 323 g/mol. The molecule has 0 spiro atoms. The number of halogens is 1. The average Bonchev–Trinajstić information content (AvgIpc) is 2.93. The normalized spacial score (nSPS) is 10.7. The van der Waals surface area contributed by atoms with Crippen molar-refractivity contribution in [1.29, 1.82) is 0 Å². The largest absolute Gasteiger partial charge is 0.476 e. The molecule has 0 bridgehead atoms. The van der Waals surface area contributed by atoms with Crippen molar-refractivity contribution < 1.29 is 14.7 Å². The smallest absolute Gasteiger partial charge is 0.355 e. The molecular weight excluding hydrogens is 312 g/mol. The van der Waals surface area contributed by atoms with E-state index in [1.165, 1.54) is 22.8 Å². The van der Waals surface area contributed by atoms with Crippen molar-refractivity contribution in [3.05, 3.63) is 57.0 Å². The third kappa shape index (κ3) is 4.70. The van der Waals surface area contributed by atoms with Crippen molar-refractivity contribution >= 4 is 40.9 Å². The maximum Gasteiger partial charge on any atom is 0.355 e. The van der Waals surface area contributed by atoms with Gasteiger partial charge < -0.3 is 10.4 Å². The van der Waals surface area contributed by atoms with Crippen molar-refractivity contribution in [2.24, 2.45) is 0 Å². The van der Waals surface area contributed by atoms with Crippen LogP contribution in [0, 0.1) is 0 Å². The lowest BCUT2D eigenvalue weighted by atomic mass is 10.2. The molecule has 2 rings (SSSR count). The van der Waals surface area contributed by atoms with E-state index in [1.807, 2.05) is 0 Å². The molecule has 2 N–H and O–H groups in total. The second-order valence-corrected chi connectivity index (χ2v) is 5.41. The number of nitrogens with one attached hydrogen (secondary N) is 1. The first-order valence-electron chi connectivity index (χ1n) is 5.94. The Morgan fingerprint density at radius 2 is 2.05 bits per heavy atom. The number of rotatable bonds is 5. The van der Waals surface area contributed by atoms with Crippen LogP contribution in [-0.4, -0.2) is 22.0 Å². The number of aromatic carboxylic acids is 1. The van der Waals surface area contributed by atoms with E-state index in [1.54, 1.807) is 30.3 Å². The van der Waals surface area contributed by atoms with E-state index in [4.69, 9.17) is 16.7 Å². The highest BCUT2D eigenvalue weighted by molar-refractivity contribution is 7.09. The van der Waals surface area contributed by atoms with Crippen molar-refractivity contribution in [2.75, 3.05) is 0 Å². The van der Waals surface area contributed by atoms with Gasteiger partial charge in [-0.1, -0.05) is 23.7 Å². The molecule has 0 saturated heterocycles. The van der Waals surface area contributed by atoms with E-state index in [-0.39, 0.29) is 18.1 Å². The zero-order valence-electron chi connectivity index (χ0n) is 10.7. The van der Waals surface area contributed by atoms with Gasteiger partial charge in [-0.15, -0.1) is 11.3 Å². The first kappa shape index (κ1) is 15.2. The molecule has 1 amide bonds. The first-order chi connectivity index (χ1) is 10.0. The van der Waals surface area contributed by atoms with E-state index < -0.39 is 5.97 Å². The Balaban J connectivity index is 1.86. The monoisotopic (exact) mass is 322 g/mol. The van der Waals surface area contributed by atoms with Crippen molar-refractivity contribution in [1.82, 2.24) is 10.3 Å². The molecule has 21 heavy (non-hydrogen) atoms. The van der Waals surface area contributed by atoms with E-state index in [9.17, 15) is 9.59 Å². The standard InChI is InChI=1S/C14H11ClN2O3S/c15-10-4-1-9(2-5-10)3-6-12(18)16-7-13-17-11(8-21-13)14(19)20/h1-6,8H,7H2,(H,16,18)(H,19,20). The highest BCUT2D eigenvalue weighted by Crippen LogP contribution is 2.11. The minimum atomic E-state index is -1.08. The maximum atomic E-state index is 11.6. The number of carbonyl (C=O) groups excluding carboxylic acids is 1. The van der Waals surface area contributed by atoms with Crippen LogP contribution in [-0.2, 0) is 11.3 Å². The minimum Gasteiger partial charge on any atom is -0.476 e. The lowest BCUT2D eigenvalue weighted by Crippen LogP contribution is -2.20. The number of carboxylic acids is 1. The van der Waals surface area contributed by atoms with E-state index >= 15 is 0 Å². The van der Waals surface area contributed by atoms with Crippen LogP contribution in [0.25, 0.3) is 6.08 Å². The lowest BCUT2D eigenvalue weighted by Gasteiger charge is -1.98. The van der Waals surface area contributed by atoms with Crippen LogP contribution >= 0.6 is 22.9 Å². The summed E-state index contributed by atoms with van der Waals surface area (Å²) in [6.45, 7) is 0.196. The van der Waals surface area contributed by atoms with Gasteiger partial charge >= 0.3 is 5.97 Å². The number of nitrogens with zero attached hydrogens (tertiary/aromatic N) is 1. The summed E-state index contributed by atoms with van der Waals surface area (Å²) in [5.74, 6) is -1.36. The summed E-state index contributed by atoms with van der Waals surface area (Å²) in [6, 6.07) is 7.07. The Morgan fingerprint density at radius 3 is 2.67 bits per heavy atom. The number of aromatic nitrogens is 1. The molecule has 7 heteroatoms. The number of benzene rings is 1. The summed E-state index contributed by atoms with van der Waals surface area (Å²) in [5.41, 5.74) is 0.845. The molecule has 1 aromatic heterocycles. The summed E-state index contributed by atoms with van der Waals surface area (Å²) in [4.78, 5) is 26.2. The third-order valence-electron chi connectivity index (χ3n) is 2.48. The molecule has 0 aliphatic heterocycles. The molecule has 0 fully saturated rings. The maximum absolute atomic E-state index is 11.6. The second kappa shape index (κ2) is 7.01. The molecule has 108 valence electrons. The zero-order valence-corrected chi connectivity index (χ0v) is 12.3. The molecular formula is C14H11ClN2O3S. The molecule has 0 aliphatic carbocycles. The molecule has 5 nitrogen and oxygen atoms in total. The van der Waals surface area contributed by atoms with Crippen LogP contribution in [0.2, 0.25) is 5.02 Å². The summed E-state index contributed by atoms with van der Waals surface area (Å²) < 4.78 is 0. The Kier molecular flexibility index (Phi) is 5.08. The number of carboxylic acid groups (broad SMARTS) is 1. The fourth-order valence-corrected chi connectivity index (χ4v) is 2.29. The fourth-order valence-electron chi connectivity index (χ4n) is 1.46. The number of amides is 1. The van der Waals surface area contributed by atoms with Gasteiger partial charge in [-0.3, -0.25) is 4.79 Å². The molecule has 2 aromatic rings.